The Bertz CT molecular complexity index is 173. The quantitative estimate of drug-likeness (QED) is 0.675. The second kappa shape index (κ2) is 5.56. The summed E-state index contributed by atoms with van der Waals surface area (Å²) in [5, 5.41) is 11.2. The van der Waals surface area contributed by atoms with Gasteiger partial charge in [-0.25, -0.2) is 0 Å². The van der Waals surface area contributed by atoms with E-state index in [-0.39, 0.29) is 18.4 Å². The van der Waals surface area contributed by atoms with Crippen LogP contribution in [0.3, 0.4) is 0 Å². The van der Waals surface area contributed by atoms with Gasteiger partial charge in [-0.1, -0.05) is 13.8 Å². The van der Waals surface area contributed by atoms with Crippen molar-refractivity contribution in [3.8, 4) is 0 Å². The highest BCUT2D eigenvalue weighted by molar-refractivity contribution is 5.74. The van der Waals surface area contributed by atoms with Crippen LogP contribution in [0.1, 0.15) is 33.6 Å². The zero-order valence-electron chi connectivity index (χ0n) is 8.33. The Morgan fingerprint density at radius 2 is 1.92 bits per heavy atom. The van der Waals surface area contributed by atoms with Crippen LogP contribution in [0.15, 0.2) is 0 Å². The molecule has 0 saturated carbocycles. The van der Waals surface area contributed by atoms with Crippen molar-refractivity contribution in [2.75, 3.05) is 0 Å². The molecular formula is C9H17NO3. The van der Waals surface area contributed by atoms with Gasteiger partial charge in [0.1, 0.15) is 0 Å². The van der Waals surface area contributed by atoms with Gasteiger partial charge in [0.25, 0.3) is 0 Å². The molecule has 0 aromatic rings. The molecule has 2 N–H and O–H groups in total. The number of rotatable bonds is 5. The molecule has 76 valence electrons. The van der Waals surface area contributed by atoms with E-state index in [9.17, 15) is 9.59 Å². The van der Waals surface area contributed by atoms with E-state index in [4.69, 9.17) is 5.11 Å². The summed E-state index contributed by atoms with van der Waals surface area (Å²) in [6.07, 6.45) is 0.698. The number of carboxylic acid groups (broad SMARTS) is 1. The number of hydrogen-bond acceptors (Lipinski definition) is 2. The van der Waals surface area contributed by atoms with E-state index in [1.165, 1.54) is 6.92 Å². The van der Waals surface area contributed by atoms with Crippen molar-refractivity contribution in [2.24, 2.45) is 5.92 Å². The molecule has 0 aromatic carbocycles. The molecule has 13 heavy (non-hydrogen) atoms. The fraction of sp³-hybridized carbons (Fsp3) is 0.778. The minimum absolute atomic E-state index is 0.00222. The Morgan fingerprint density at radius 1 is 1.38 bits per heavy atom. The standard InChI is InChI=1S/C9H17NO3/c1-6(2)4-8(5-9(12)13)10-7(3)11/h6,8H,4-5H2,1-3H3,(H,10,11)(H,12,13). The van der Waals surface area contributed by atoms with Gasteiger partial charge in [0.05, 0.1) is 6.42 Å². The highest BCUT2D eigenvalue weighted by Crippen LogP contribution is 2.07. The van der Waals surface area contributed by atoms with Crippen LogP contribution in [0.2, 0.25) is 0 Å². The van der Waals surface area contributed by atoms with Crippen LogP contribution in [0.25, 0.3) is 0 Å². The topological polar surface area (TPSA) is 66.4 Å². The third-order valence-corrected chi connectivity index (χ3v) is 1.58. The minimum atomic E-state index is -0.876. The van der Waals surface area contributed by atoms with Gasteiger partial charge in [-0.15, -0.1) is 0 Å². The fourth-order valence-electron chi connectivity index (χ4n) is 1.26. The SMILES string of the molecule is CC(=O)NC(CC(=O)O)CC(C)C. The molecular weight excluding hydrogens is 170 g/mol. The van der Waals surface area contributed by atoms with Crippen LogP contribution in [-0.2, 0) is 9.59 Å². The maximum Gasteiger partial charge on any atom is 0.305 e. The summed E-state index contributed by atoms with van der Waals surface area (Å²) in [6, 6.07) is -0.241. The van der Waals surface area contributed by atoms with Crippen molar-refractivity contribution in [2.45, 2.75) is 39.7 Å². The van der Waals surface area contributed by atoms with Gasteiger partial charge in [-0.3, -0.25) is 9.59 Å². The summed E-state index contributed by atoms with van der Waals surface area (Å²) < 4.78 is 0. The molecule has 0 aliphatic rings. The Hall–Kier alpha value is -1.06. The van der Waals surface area contributed by atoms with Crippen LogP contribution in [0.4, 0.5) is 0 Å². The molecule has 0 heterocycles. The van der Waals surface area contributed by atoms with Crippen LogP contribution in [0, 0.1) is 5.92 Å². The molecule has 4 nitrogen and oxygen atoms in total. The van der Waals surface area contributed by atoms with E-state index in [0.29, 0.717) is 12.3 Å². The highest BCUT2D eigenvalue weighted by Gasteiger charge is 2.15. The van der Waals surface area contributed by atoms with E-state index in [2.05, 4.69) is 5.32 Å². The molecule has 0 spiro atoms. The van der Waals surface area contributed by atoms with Crippen molar-refractivity contribution in [3.63, 3.8) is 0 Å². The number of aliphatic carboxylic acids is 1. The second-order valence-electron chi connectivity index (χ2n) is 3.62. The third-order valence-electron chi connectivity index (χ3n) is 1.58. The fourth-order valence-corrected chi connectivity index (χ4v) is 1.26. The zero-order chi connectivity index (χ0) is 10.4. The first kappa shape index (κ1) is 11.9. The first-order valence-corrected chi connectivity index (χ1v) is 4.40. The van der Waals surface area contributed by atoms with Gasteiger partial charge >= 0.3 is 5.97 Å². The summed E-state index contributed by atoms with van der Waals surface area (Å²) in [5.74, 6) is -0.664. The molecule has 0 saturated heterocycles. The first-order valence-electron chi connectivity index (χ1n) is 4.40. The molecule has 0 fully saturated rings. The van der Waals surface area contributed by atoms with E-state index in [1.807, 2.05) is 13.8 Å². The average molecular weight is 187 g/mol. The maximum absolute atomic E-state index is 10.7. The Morgan fingerprint density at radius 3 is 2.23 bits per heavy atom. The summed E-state index contributed by atoms with van der Waals surface area (Å²) >= 11 is 0. The number of amides is 1. The average Bonchev–Trinajstić information content (AvgIpc) is 1.80. The predicted octanol–water partition coefficient (Wildman–Crippen LogP) is 1.01. The summed E-state index contributed by atoms with van der Waals surface area (Å²) in [5.41, 5.74) is 0. The lowest BCUT2D eigenvalue weighted by molar-refractivity contribution is -0.137. The number of carboxylic acids is 1. The molecule has 1 unspecified atom stereocenters. The second-order valence-corrected chi connectivity index (χ2v) is 3.62. The van der Waals surface area contributed by atoms with Crippen LogP contribution >= 0.6 is 0 Å². The van der Waals surface area contributed by atoms with Crippen molar-refractivity contribution >= 4 is 11.9 Å². The normalized spacial score (nSPS) is 12.6. The van der Waals surface area contributed by atoms with Crippen molar-refractivity contribution in [1.82, 2.24) is 5.32 Å². The van der Waals surface area contributed by atoms with Crippen molar-refractivity contribution < 1.29 is 14.7 Å². The van der Waals surface area contributed by atoms with Crippen molar-refractivity contribution in [3.05, 3.63) is 0 Å². The minimum Gasteiger partial charge on any atom is -0.481 e. The lowest BCUT2D eigenvalue weighted by atomic mass is 10.0. The van der Waals surface area contributed by atoms with Gasteiger partial charge in [-0.2, -0.15) is 0 Å². The largest absolute Gasteiger partial charge is 0.481 e. The number of hydrogen-bond donors (Lipinski definition) is 2. The molecule has 1 amide bonds. The Balaban J connectivity index is 4.02. The molecule has 0 aliphatic carbocycles. The van der Waals surface area contributed by atoms with E-state index < -0.39 is 5.97 Å². The molecule has 0 rings (SSSR count). The highest BCUT2D eigenvalue weighted by atomic mass is 16.4. The van der Waals surface area contributed by atoms with Crippen molar-refractivity contribution in [1.29, 1.82) is 0 Å². The monoisotopic (exact) mass is 187 g/mol. The molecule has 0 radical (unpaired) electrons. The Kier molecular flexibility index (Phi) is 5.11. The third kappa shape index (κ3) is 7.31. The summed E-state index contributed by atoms with van der Waals surface area (Å²) in [4.78, 5) is 21.1. The number of carbonyl (C=O) groups is 2. The molecule has 0 aromatic heterocycles. The van der Waals surface area contributed by atoms with E-state index in [0.717, 1.165) is 0 Å². The van der Waals surface area contributed by atoms with Gasteiger partial charge in [0.2, 0.25) is 5.91 Å². The molecule has 4 heteroatoms. The lowest BCUT2D eigenvalue weighted by Crippen LogP contribution is -2.35. The number of carbonyl (C=O) groups excluding carboxylic acids is 1. The van der Waals surface area contributed by atoms with Crippen LogP contribution in [0.5, 0.6) is 0 Å². The van der Waals surface area contributed by atoms with E-state index in [1.54, 1.807) is 0 Å². The van der Waals surface area contributed by atoms with Crippen LogP contribution in [-0.4, -0.2) is 23.0 Å². The van der Waals surface area contributed by atoms with Gasteiger partial charge in [0.15, 0.2) is 0 Å². The maximum atomic E-state index is 10.7. The smallest absolute Gasteiger partial charge is 0.305 e. The Labute approximate surface area is 78.3 Å². The van der Waals surface area contributed by atoms with Gasteiger partial charge in [0, 0.05) is 13.0 Å². The molecule has 0 aliphatic heterocycles. The molecule has 1 atom stereocenters. The summed E-state index contributed by atoms with van der Waals surface area (Å²) in [7, 11) is 0. The predicted molar refractivity (Wildman–Crippen MR) is 49.3 cm³/mol. The van der Waals surface area contributed by atoms with Gasteiger partial charge in [-0.05, 0) is 12.3 Å². The zero-order valence-corrected chi connectivity index (χ0v) is 8.33. The van der Waals surface area contributed by atoms with E-state index >= 15 is 0 Å². The summed E-state index contributed by atoms with van der Waals surface area (Å²) in [6.45, 7) is 5.39. The van der Waals surface area contributed by atoms with Crippen LogP contribution < -0.4 is 5.32 Å². The molecule has 0 bridgehead atoms. The van der Waals surface area contributed by atoms with Gasteiger partial charge < -0.3 is 10.4 Å². The first-order chi connectivity index (χ1) is 5.91. The lowest BCUT2D eigenvalue weighted by Gasteiger charge is -2.17. The number of nitrogens with one attached hydrogen (secondary N) is 1.